The summed E-state index contributed by atoms with van der Waals surface area (Å²) in [6, 6.07) is -0.204. The lowest BCUT2D eigenvalue weighted by Gasteiger charge is -2.19. The molecule has 1 aromatic heterocycles. The number of hydrogen-bond acceptors (Lipinski definition) is 6. The van der Waals surface area contributed by atoms with E-state index in [1.807, 2.05) is 0 Å². The van der Waals surface area contributed by atoms with Gasteiger partial charge in [0.2, 0.25) is 5.89 Å². The van der Waals surface area contributed by atoms with Crippen LogP contribution in [0.15, 0.2) is 4.52 Å². The van der Waals surface area contributed by atoms with Gasteiger partial charge < -0.3 is 19.7 Å². The van der Waals surface area contributed by atoms with Crippen LogP contribution < -0.4 is 5.32 Å². The molecular formula is C7H9N3O4. The molecular weight excluding hydrogens is 190 g/mol. The maximum Gasteiger partial charge on any atom is 0.377 e. The number of morpholine rings is 1. The predicted molar refractivity (Wildman–Crippen MR) is 42.8 cm³/mol. The second kappa shape index (κ2) is 3.72. The molecule has 1 aromatic rings. The van der Waals surface area contributed by atoms with Gasteiger partial charge in [-0.15, -0.1) is 0 Å². The summed E-state index contributed by atoms with van der Waals surface area (Å²) in [5, 5.41) is 14.9. The number of ether oxygens (including phenoxy) is 1. The van der Waals surface area contributed by atoms with E-state index in [2.05, 4.69) is 15.5 Å². The number of hydrogen-bond donors (Lipinski definition) is 2. The molecule has 1 fully saturated rings. The molecule has 0 amide bonds. The lowest BCUT2D eigenvalue weighted by Crippen LogP contribution is -2.34. The van der Waals surface area contributed by atoms with Crippen molar-refractivity contribution in [3.8, 4) is 0 Å². The quantitative estimate of drug-likeness (QED) is 0.658. The van der Waals surface area contributed by atoms with Gasteiger partial charge >= 0.3 is 5.97 Å². The highest BCUT2D eigenvalue weighted by molar-refractivity contribution is 5.82. The normalized spacial score (nSPS) is 22.1. The van der Waals surface area contributed by atoms with E-state index >= 15 is 0 Å². The summed E-state index contributed by atoms with van der Waals surface area (Å²) in [7, 11) is 0. The average Bonchev–Trinajstić information content (AvgIpc) is 2.68. The zero-order chi connectivity index (χ0) is 9.97. The van der Waals surface area contributed by atoms with E-state index < -0.39 is 5.97 Å². The minimum absolute atomic E-state index is 0.204. The number of carboxylic acids is 1. The van der Waals surface area contributed by atoms with Crippen molar-refractivity contribution in [2.24, 2.45) is 0 Å². The smallest absolute Gasteiger partial charge is 0.377 e. The molecule has 2 heterocycles. The van der Waals surface area contributed by atoms with Crippen LogP contribution in [0.25, 0.3) is 0 Å². The van der Waals surface area contributed by atoms with E-state index in [0.717, 1.165) is 0 Å². The Bertz CT molecular complexity index is 331. The van der Waals surface area contributed by atoms with Crippen molar-refractivity contribution in [2.45, 2.75) is 6.04 Å². The third-order valence-corrected chi connectivity index (χ3v) is 1.85. The second-order valence-electron chi connectivity index (χ2n) is 2.84. The number of carbonyl (C=O) groups is 1. The zero-order valence-electron chi connectivity index (χ0n) is 7.27. The number of aromatic carboxylic acids is 1. The van der Waals surface area contributed by atoms with E-state index in [0.29, 0.717) is 19.8 Å². The Balaban J connectivity index is 2.11. The van der Waals surface area contributed by atoms with E-state index in [4.69, 9.17) is 14.4 Å². The number of carboxylic acid groups (broad SMARTS) is 1. The van der Waals surface area contributed by atoms with E-state index in [9.17, 15) is 4.79 Å². The molecule has 7 heteroatoms. The van der Waals surface area contributed by atoms with Crippen molar-refractivity contribution in [1.29, 1.82) is 0 Å². The topological polar surface area (TPSA) is 97.5 Å². The van der Waals surface area contributed by atoms with Gasteiger partial charge in [-0.05, 0) is 5.16 Å². The average molecular weight is 199 g/mol. The Labute approximate surface area is 79.1 Å². The van der Waals surface area contributed by atoms with Crippen molar-refractivity contribution in [2.75, 3.05) is 19.8 Å². The second-order valence-corrected chi connectivity index (χ2v) is 2.84. The van der Waals surface area contributed by atoms with Crippen molar-refractivity contribution >= 4 is 5.97 Å². The highest BCUT2D eigenvalue weighted by atomic mass is 16.5. The predicted octanol–water partition coefficient (Wildman–Crippen LogP) is -0.571. The standard InChI is InChI=1S/C7H9N3O4/c11-7(12)5-9-6(14-10-5)4-3-13-2-1-8-4/h4,8H,1-3H2,(H,11,12). The summed E-state index contributed by atoms with van der Waals surface area (Å²) in [6.45, 7) is 1.74. The number of nitrogens with one attached hydrogen (secondary N) is 1. The first kappa shape index (κ1) is 9.10. The Hall–Kier alpha value is -1.47. The molecule has 2 N–H and O–H groups in total. The van der Waals surface area contributed by atoms with Crippen LogP contribution in [-0.2, 0) is 4.74 Å². The fourth-order valence-electron chi connectivity index (χ4n) is 1.19. The van der Waals surface area contributed by atoms with Gasteiger partial charge in [0.15, 0.2) is 0 Å². The van der Waals surface area contributed by atoms with E-state index in [1.165, 1.54) is 0 Å². The van der Waals surface area contributed by atoms with Crippen molar-refractivity contribution in [3.63, 3.8) is 0 Å². The number of nitrogens with zero attached hydrogens (tertiary/aromatic N) is 2. The third kappa shape index (κ3) is 1.73. The van der Waals surface area contributed by atoms with Crippen molar-refractivity contribution in [3.05, 3.63) is 11.7 Å². The highest BCUT2D eigenvalue weighted by Gasteiger charge is 2.23. The van der Waals surface area contributed by atoms with Gasteiger partial charge in [0, 0.05) is 6.54 Å². The molecule has 0 bridgehead atoms. The van der Waals surface area contributed by atoms with Crippen LogP contribution in [-0.4, -0.2) is 41.0 Å². The molecule has 0 radical (unpaired) electrons. The van der Waals surface area contributed by atoms with Crippen LogP contribution >= 0.6 is 0 Å². The van der Waals surface area contributed by atoms with Crippen molar-refractivity contribution in [1.82, 2.24) is 15.5 Å². The third-order valence-electron chi connectivity index (χ3n) is 1.85. The van der Waals surface area contributed by atoms with Crippen LogP contribution in [0, 0.1) is 0 Å². The summed E-state index contributed by atoms with van der Waals surface area (Å²) in [5.41, 5.74) is 0. The summed E-state index contributed by atoms with van der Waals surface area (Å²) in [6.07, 6.45) is 0. The van der Waals surface area contributed by atoms with Crippen LogP contribution in [0.2, 0.25) is 0 Å². The lowest BCUT2D eigenvalue weighted by atomic mass is 10.3. The first-order valence-corrected chi connectivity index (χ1v) is 4.15. The first-order chi connectivity index (χ1) is 6.77. The molecule has 1 aliphatic heterocycles. The van der Waals surface area contributed by atoms with Gasteiger partial charge in [-0.1, -0.05) is 0 Å². The Morgan fingerprint density at radius 3 is 3.07 bits per heavy atom. The number of aromatic nitrogens is 2. The summed E-state index contributed by atoms with van der Waals surface area (Å²) in [5.74, 6) is -1.27. The molecule has 1 saturated heterocycles. The molecule has 7 nitrogen and oxygen atoms in total. The Morgan fingerprint density at radius 1 is 1.64 bits per heavy atom. The minimum Gasteiger partial charge on any atom is -0.475 e. The van der Waals surface area contributed by atoms with Gasteiger partial charge in [0.1, 0.15) is 6.04 Å². The van der Waals surface area contributed by atoms with Crippen LogP contribution in [0.3, 0.4) is 0 Å². The molecule has 0 saturated carbocycles. The molecule has 2 rings (SSSR count). The summed E-state index contributed by atoms with van der Waals surface area (Å²) < 4.78 is 9.95. The van der Waals surface area contributed by atoms with Crippen molar-refractivity contribution < 1.29 is 19.2 Å². The Kier molecular flexibility index (Phi) is 2.42. The maximum atomic E-state index is 10.5. The molecule has 1 aliphatic rings. The molecule has 1 atom stereocenters. The SMILES string of the molecule is O=C(O)c1noc(C2COCCN2)n1. The van der Waals surface area contributed by atoms with Gasteiger partial charge in [0.05, 0.1) is 13.2 Å². The molecule has 0 spiro atoms. The lowest BCUT2D eigenvalue weighted by molar-refractivity contribution is 0.0659. The Morgan fingerprint density at radius 2 is 2.50 bits per heavy atom. The summed E-state index contributed by atoms with van der Waals surface area (Å²) >= 11 is 0. The first-order valence-electron chi connectivity index (χ1n) is 4.15. The number of rotatable bonds is 2. The molecule has 76 valence electrons. The van der Waals surface area contributed by atoms with Gasteiger partial charge in [-0.25, -0.2) is 4.79 Å². The summed E-state index contributed by atoms with van der Waals surface area (Å²) in [4.78, 5) is 14.2. The molecule has 14 heavy (non-hydrogen) atoms. The van der Waals surface area contributed by atoms with E-state index in [-0.39, 0.29) is 17.8 Å². The zero-order valence-corrected chi connectivity index (χ0v) is 7.27. The van der Waals surface area contributed by atoms with Crippen LogP contribution in [0.1, 0.15) is 22.6 Å². The fourth-order valence-corrected chi connectivity index (χ4v) is 1.19. The van der Waals surface area contributed by atoms with E-state index in [1.54, 1.807) is 0 Å². The van der Waals surface area contributed by atoms with Crippen LogP contribution in [0.5, 0.6) is 0 Å². The van der Waals surface area contributed by atoms with Gasteiger partial charge in [-0.3, -0.25) is 0 Å². The van der Waals surface area contributed by atoms with Crippen LogP contribution in [0.4, 0.5) is 0 Å². The fraction of sp³-hybridized carbons (Fsp3) is 0.571. The largest absolute Gasteiger partial charge is 0.475 e. The van der Waals surface area contributed by atoms with Gasteiger partial charge in [0.25, 0.3) is 5.82 Å². The molecule has 0 aromatic carbocycles. The van der Waals surface area contributed by atoms with Gasteiger partial charge in [-0.2, -0.15) is 4.98 Å². The maximum absolute atomic E-state index is 10.5. The minimum atomic E-state index is -1.20. The molecule has 1 unspecified atom stereocenters. The monoisotopic (exact) mass is 199 g/mol. The molecule has 0 aliphatic carbocycles. The highest BCUT2D eigenvalue weighted by Crippen LogP contribution is 2.13.